The van der Waals surface area contributed by atoms with Crippen LogP contribution < -0.4 is 5.32 Å². The van der Waals surface area contributed by atoms with Crippen LogP contribution >= 0.6 is 12.6 Å². The quantitative estimate of drug-likeness (QED) is 0.600. The summed E-state index contributed by atoms with van der Waals surface area (Å²) in [5.74, 6) is -0.886. The predicted octanol–water partition coefficient (Wildman–Crippen LogP) is 2.56. The van der Waals surface area contributed by atoms with E-state index in [2.05, 4.69) is 17.9 Å². The van der Waals surface area contributed by atoms with E-state index < -0.39 is 5.82 Å². The van der Waals surface area contributed by atoms with Crippen molar-refractivity contribution in [3.05, 3.63) is 41.7 Å². The predicted molar refractivity (Wildman–Crippen MR) is 63.3 cm³/mol. The first-order chi connectivity index (χ1) is 7.66. The third-order valence-corrected chi connectivity index (χ3v) is 2.82. The molecule has 0 saturated heterocycles. The van der Waals surface area contributed by atoms with Crippen molar-refractivity contribution < 1.29 is 9.18 Å². The van der Waals surface area contributed by atoms with Crippen LogP contribution in [0.15, 0.2) is 35.2 Å². The summed E-state index contributed by atoms with van der Waals surface area (Å²) in [6.45, 7) is 0. The van der Waals surface area contributed by atoms with E-state index >= 15 is 0 Å². The van der Waals surface area contributed by atoms with Crippen molar-refractivity contribution in [2.45, 2.75) is 23.8 Å². The molecule has 0 saturated carbocycles. The normalized spacial score (nSPS) is 15.4. The van der Waals surface area contributed by atoms with Gasteiger partial charge < -0.3 is 5.32 Å². The van der Waals surface area contributed by atoms with Crippen LogP contribution in [-0.2, 0) is 0 Å². The second-order valence-electron chi connectivity index (χ2n) is 3.78. The topological polar surface area (TPSA) is 29.1 Å². The molecular formula is C12H12FNOS. The fourth-order valence-electron chi connectivity index (χ4n) is 1.69. The van der Waals surface area contributed by atoms with Crippen LogP contribution in [0.25, 0.3) is 0 Å². The van der Waals surface area contributed by atoms with E-state index in [1.165, 1.54) is 18.2 Å². The number of amides is 1. The lowest BCUT2D eigenvalue weighted by Gasteiger charge is -2.12. The first-order valence-electron chi connectivity index (χ1n) is 5.11. The van der Waals surface area contributed by atoms with Crippen molar-refractivity contribution in [3.63, 3.8) is 0 Å². The van der Waals surface area contributed by atoms with Gasteiger partial charge in [0.2, 0.25) is 0 Å². The van der Waals surface area contributed by atoms with Gasteiger partial charge in [0.05, 0.1) is 5.56 Å². The summed E-state index contributed by atoms with van der Waals surface area (Å²) in [4.78, 5) is 12.3. The van der Waals surface area contributed by atoms with Gasteiger partial charge in [-0.3, -0.25) is 4.79 Å². The maximum Gasteiger partial charge on any atom is 0.254 e. The van der Waals surface area contributed by atoms with Crippen molar-refractivity contribution >= 4 is 18.5 Å². The minimum absolute atomic E-state index is 0.0550. The summed E-state index contributed by atoms with van der Waals surface area (Å²) >= 11 is 4.09. The molecule has 0 unspecified atom stereocenters. The zero-order valence-corrected chi connectivity index (χ0v) is 9.51. The van der Waals surface area contributed by atoms with Gasteiger partial charge in [-0.2, -0.15) is 0 Å². The standard InChI is InChI=1S/C12H12FNOS/c13-11-6-5-9(16)7-10(11)12(15)14-8-3-1-2-4-8/h1-2,5-8,16H,3-4H2,(H,14,15). The fourth-order valence-corrected chi connectivity index (χ4v) is 1.89. The van der Waals surface area contributed by atoms with E-state index in [4.69, 9.17) is 0 Å². The summed E-state index contributed by atoms with van der Waals surface area (Å²) < 4.78 is 13.4. The minimum Gasteiger partial charge on any atom is -0.349 e. The SMILES string of the molecule is O=C(NC1CC=CC1)c1cc(S)ccc1F. The van der Waals surface area contributed by atoms with Crippen LogP contribution in [0.2, 0.25) is 0 Å². The van der Waals surface area contributed by atoms with Crippen LogP contribution in [-0.4, -0.2) is 11.9 Å². The number of nitrogens with one attached hydrogen (secondary N) is 1. The van der Waals surface area contributed by atoms with E-state index in [-0.39, 0.29) is 17.5 Å². The number of carbonyl (C=O) groups excluding carboxylic acids is 1. The van der Waals surface area contributed by atoms with Gasteiger partial charge in [0.25, 0.3) is 5.91 Å². The highest BCUT2D eigenvalue weighted by Gasteiger charge is 2.17. The summed E-state index contributed by atoms with van der Waals surface area (Å²) in [5.41, 5.74) is 0.0550. The molecule has 0 aliphatic heterocycles. The fraction of sp³-hybridized carbons (Fsp3) is 0.250. The molecule has 2 rings (SSSR count). The maximum absolute atomic E-state index is 13.4. The highest BCUT2D eigenvalue weighted by Crippen LogP contribution is 2.15. The number of hydrogen-bond acceptors (Lipinski definition) is 2. The maximum atomic E-state index is 13.4. The van der Waals surface area contributed by atoms with Crippen molar-refractivity contribution in [1.82, 2.24) is 5.32 Å². The third-order valence-electron chi connectivity index (χ3n) is 2.54. The lowest BCUT2D eigenvalue weighted by atomic mass is 10.1. The summed E-state index contributed by atoms with van der Waals surface area (Å²) in [6.07, 6.45) is 5.65. The Morgan fingerprint density at radius 1 is 1.38 bits per heavy atom. The average molecular weight is 237 g/mol. The zero-order valence-electron chi connectivity index (χ0n) is 8.61. The smallest absolute Gasteiger partial charge is 0.254 e. The first-order valence-corrected chi connectivity index (χ1v) is 5.56. The molecule has 2 nitrogen and oxygen atoms in total. The molecule has 0 spiro atoms. The molecule has 0 fully saturated rings. The molecule has 1 aromatic carbocycles. The van der Waals surface area contributed by atoms with Gasteiger partial charge in [-0.05, 0) is 31.0 Å². The van der Waals surface area contributed by atoms with Gasteiger partial charge in [0.1, 0.15) is 5.82 Å². The molecule has 4 heteroatoms. The highest BCUT2D eigenvalue weighted by atomic mass is 32.1. The Balaban J connectivity index is 2.10. The average Bonchev–Trinajstić information content (AvgIpc) is 2.74. The van der Waals surface area contributed by atoms with Gasteiger partial charge >= 0.3 is 0 Å². The van der Waals surface area contributed by atoms with E-state index in [0.717, 1.165) is 12.8 Å². The molecule has 1 amide bonds. The number of thiol groups is 1. The van der Waals surface area contributed by atoms with E-state index in [1.54, 1.807) is 0 Å². The van der Waals surface area contributed by atoms with E-state index in [0.29, 0.717) is 4.90 Å². The second-order valence-corrected chi connectivity index (χ2v) is 4.29. The van der Waals surface area contributed by atoms with Crippen LogP contribution in [0.1, 0.15) is 23.2 Å². The molecule has 0 bridgehead atoms. The van der Waals surface area contributed by atoms with Crippen molar-refractivity contribution in [3.8, 4) is 0 Å². The van der Waals surface area contributed by atoms with Crippen molar-refractivity contribution in [2.75, 3.05) is 0 Å². The van der Waals surface area contributed by atoms with Crippen LogP contribution in [0.3, 0.4) is 0 Å². The second kappa shape index (κ2) is 4.70. The Hall–Kier alpha value is -1.29. The molecule has 1 aromatic rings. The molecule has 1 N–H and O–H groups in total. The van der Waals surface area contributed by atoms with Gasteiger partial charge in [0, 0.05) is 10.9 Å². The first kappa shape index (κ1) is 11.2. The molecular weight excluding hydrogens is 225 g/mol. The van der Waals surface area contributed by atoms with Gasteiger partial charge in [-0.25, -0.2) is 4.39 Å². The molecule has 0 aromatic heterocycles. The lowest BCUT2D eigenvalue weighted by molar-refractivity contribution is 0.0934. The Bertz CT molecular complexity index is 437. The van der Waals surface area contributed by atoms with Gasteiger partial charge in [-0.15, -0.1) is 12.6 Å². The number of carbonyl (C=O) groups is 1. The van der Waals surface area contributed by atoms with E-state index in [9.17, 15) is 9.18 Å². The minimum atomic E-state index is -0.513. The molecule has 1 aliphatic rings. The van der Waals surface area contributed by atoms with E-state index in [1.807, 2.05) is 12.2 Å². The Morgan fingerprint density at radius 3 is 2.75 bits per heavy atom. The molecule has 84 valence electrons. The monoisotopic (exact) mass is 237 g/mol. The van der Waals surface area contributed by atoms with Crippen LogP contribution in [0, 0.1) is 5.82 Å². The molecule has 0 atom stereocenters. The number of halogens is 1. The van der Waals surface area contributed by atoms with Crippen molar-refractivity contribution in [1.29, 1.82) is 0 Å². The molecule has 1 aliphatic carbocycles. The summed E-state index contributed by atoms with van der Waals surface area (Å²) in [7, 11) is 0. The van der Waals surface area contributed by atoms with Gasteiger partial charge in [0.15, 0.2) is 0 Å². The van der Waals surface area contributed by atoms with Gasteiger partial charge in [-0.1, -0.05) is 12.2 Å². The molecule has 0 radical (unpaired) electrons. The lowest BCUT2D eigenvalue weighted by Crippen LogP contribution is -2.33. The largest absolute Gasteiger partial charge is 0.349 e. The Labute approximate surface area is 99.0 Å². The number of hydrogen-bond donors (Lipinski definition) is 2. The Morgan fingerprint density at radius 2 is 2.06 bits per heavy atom. The summed E-state index contributed by atoms with van der Waals surface area (Å²) in [6, 6.07) is 4.31. The Kier molecular flexibility index (Phi) is 3.29. The van der Waals surface area contributed by atoms with Crippen LogP contribution in [0.5, 0.6) is 0 Å². The summed E-state index contributed by atoms with van der Waals surface area (Å²) in [5, 5.41) is 2.79. The molecule has 0 heterocycles. The van der Waals surface area contributed by atoms with Crippen LogP contribution in [0.4, 0.5) is 4.39 Å². The van der Waals surface area contributed by atoms with Crippen molar-refractivity contribution in [2.24, 2.45) is 0 Å². The third kappa shape index (κ3) is 2.44. The molecule has 16 heavy (non-hydrogen) atoms. The zero-order chi connectivity index (χ0) is 11.5. The highest BCUT2D eigenvalue weighted by molar-refractivity contribution is 7.80. The number of benzene rings is 1. The number of rotatable bonds is 2.